The maximum Gasteiger partial charge on any atom is 0.246 e. The Morgan fingerprint density at radius 3 is 2.82 bits per heavy atom. The Hall–Kier alpha value is -4.71. The molecular weight excluding hydrogens is 476 g/mol. The molecule has 1 atom stereocenters. The van der Waals surface area contributed by atoms with Gasteiger partial charge in [-0.25, -0.2) is 14.6 Å². The number of fused-ring (bicyclic) bond motifs is 2. The molecule has 0 spiro atoms. The number of nitrogens with zero attached hydrogens (tertiary/aromatic N) is 7. The molecule has 2 N–H and O–H groups in total. The summed E-state index contributed by atoms with van der Waals surface area (Å²) < 4.78 is 1.91. The lowest BCUT2D eigenvalue weighted by Crippen LogP contribution is -2.40. The molecule has 6 rings (SSSR count). The van der Waals surface area contributed by atoms with E-state index >= 15 is 0 Å². The van der Waals surface area contributed by atoms with Gasteiger partial charge in [-0.3, -0.25) is 4.79 Å². The summed E-state index contributed by atoms with van der Waals surface area (Å²) in [4.78, 5) is 25.2. The van der Waals surface area contributed by atoms with E-state index in [9.17, 15) is 10.1 Å². The van der Waals surface area contributed by atoms with Crippen molar-refractivity contribution in [2.45, 2.75) is 31.8 Å². The third-order valence-corrected chi connectivity index (χ3v) is 7.55. The predicted molar refractivity (Wildman–Crippen MR) is 146 cm³/mol. The third kappa shape index (κ3) is 4.14. The average Bonchev–Trinajstić information content (AvgIpc) is 3.55. The summed E-state index contributed by atoms with van der Waals surface area (Å²) in [5.74, 6) is 0.322. The molecule has 2 aromatic heterocycles. The molecule has 0 bridgehead atoms. The lowest BCUT2D eigenvalue weighted by Gasteiger charge is -2.32. The van der Waals surface area contributed by atoms with Gasteiger partial charge in [-0.15, -0.1) is 0 Å². The van der Waals surface area contributed by atoms with E-state index < -0.39 is 0 Å². The number of benzene rings is 2. The monoisotopic (exact) mass is 504 g/mol. The fourth-order valence-corrected chi connectivity index (χ4v) is 5.63. The molecule has 0 saturated carbocycles. The van der Waals surface area contributed by atoms with Crippen LogP contribution in [0, 0.1) is 11.3 Å². The minimum Gasteiger partial charge on any atom is -0.383 e. The van der Waals surface area contributed by atoms with Crippen molar-refractivity contribution in [3.05, 3.63) is 78.1 Å². The Labute approximate surface area is 220 Å². The second-order valence-electron chi connectivity index (χ2n) is 9.86. The van der Waals surface area contributed by atoms with Gasteiger partial charge in [0.2, 0.25) is 5.91 Å². The number of nitriles is 1. The van der Waals surface area contributed by atoms with Gasteiger partial charge in [0.25, 0.3) is 0 Å². The van der Waals surface area contributed by atoms with Gasteiger partial charge < -0.3 is 15.5 Å². The molecule has 1 saturated heterocycles. The first-order valence-corrected chi connectivity index (χ1v) is 12.8. The van der Waals surface area contributed by atoms with E-state index in [1.807, 2.05) is 27.8 Å². The van der Waals surface area contributed by atoms with Crippen LogP contribution in [0.15, 0.2) is 61.4 Å². The van der Waals surface area contributed by atoms with Crippen LogP contribution in [0.25, 0.3) is 22.3 Å². The molecule has 2 aromatic carbocycles. The second kappa shape index (κ2) is 9.63. The van der Waals surface area contributed by atoms with Crippen LogP contribution in [-0.2, 0) is 17.8 Å². The molecule has 2 aliphatic rings. The smallest absolute Gasteiger partial charge is 0.246 e. The quantitative estimate of drug-likeness (QED) is 0.410. The molecule has 0 aliphatic carbocycles. The van der Waals surface area contributed by atoms with Gasteiger partial charge in [0.1, 0.15) is 17.8 Å². The summed E-state index contributed by atoms with van der Waals surface area (Å²) >= 11 is 0. The number of carbonyl (C=O) groups excluding carboxylic acids is 1. The molecule has 4 heterocycles. The molecular formula is C29H28N8O. The van der Waals surface area contributed by atoms with E-state index in [0.29, 0.717) is 30.1 Å². The van der Waals surface area contributed by atoms with Crippen LogP contribution in [0.4, 0.5) is 11.5 Å². The number of rotatable bonds is 5. The summed E-state index contributed by atoms with van der Waals surface area (Å²) in [5, 5.41) is 14.9. The fraction of sp³-hybridized carbons (Fsp3) is 0.276. The number of anilines is 2. The van der Waals surface area contributed by atoms with Crippen LogP contribution in [0.1, 0.15) is 35.6 Å². The minimum atomic E-state index is -0.0674. The number of aromatic nitrogens is 4. The molecule has 9 heteroatoms. The Morgan fingerprint density at radius 1 is 1.18 bits per heavy atom. The van der Waals surface area contributed by atoms with Crippen LogP contribution >= 0.6 is 0 Å². The van der Waals surface area contributed by atoms with E-state index in [1.54, 1.807) is 0 Å². The zero-order chi connectivity index (χ0) is 26.2. The fourth-order valence-electron chi connectivity index (χ4n) is 5.63. The van der Waals surface area contributed by atoms with Crippen LogP contribution < -0.4 is 10.6 Å². The Morgan fingerprint density at radius 2 is 2.03 bits per heavy atom. The van der Waals surface area contributed by atoms with Gasteiger partial charge in [-0.1, -0.05) is 30.8 Å². The highest BCUT2D eigenvalue weighted by molar-refractivity contribution is 5.98. The second-order valence-corrected chi connectivity index (χ2v) is 9.86. The number of nitrogen functional groups attached to an aromatic ring is 1. The van der Waals surface area contributed by atoms with E-state index in [1.165, 1.54) is 29.2 Å². The van der Waals surface area contributed by atoms with Crippen molar-refractivity contribution in [3.63, 3.8) is 0 Å². The van der Waals surface area contributed by atoms with Crippen LogP contribution in [0.2, 0.25) is 0 Å². The highest BCUT2D eigenvalue weighted by Gasteiger charge is 2.28. The minimum absolute atomic E-state index is 0.00532. The van der Waals surface area contributed by atoms with Gasteiger partial charge >= 0.3 is 0 Å². The third-order valence-electron chi connectivity index (χ3n) is 7.55. The molecule has 190 valence electrons. The molecule has 2 aliphatic heterocycles. The molecule has 0 radical (unpaired) electrons. The Kier molecular flexibility index (Phi) is 6.00. The lowest BCUT2D eigenvalue weighted by atomic mass is 10.1. The molecule has 38 heavy (non-hydrogen) atoms. The zero-order valence-electron chi connectivity index (χ0n) is 21.0. The van der Waals surface area contributed by atoms with Crippen molar-refractivity contribution < 1.29 is 4.79 Å². The first-order chi connectivity index (χ1) is 18.6. The van der Waals surface area contributed by atoms with Gasteiger partial charge in [-0.2, -0.15) is 10.4 Å². The number of hydrogen-bond donors (Lipinski definition) is 1. The van der Waals surface area contributed by atoms with Crippen molar-refractivity contribution >= 4 is 28.4 Å². The van der Waals surface area contributed by atoms with Crippen molar-refractivity contribution in [2.24, 2.45) is 0 Å². The van der Waals surface area contributed by atoms with Crippen molar-refractivity contribution in [1.29, 1.82) is 5.26 Å². The molecule has 1 amide bonds. The summed E-state index contributed by atoms with van der Waals surface area (Å²) in [6, 6.07) is 16.5. The van der Waals surface area contributed by atoms with E-state index in [0.717, 1.165) is 49.0 Å². The molecule has 4 aromatic rings. The highest BCUT2D eigenvalue weighted by atomic mass is 16.2. The van der Waals surface area contributed by atoms with E-state index in [2.05, 4.69) is 51.8 Å². The molecule has 1 unspecified atom stereocenters. The first kappa shape index (κ1) is 23.7. The molecule has 9 nitrogen and oxygen atoms in total. The standard InChI is InChI=1S/C29H28N8O/c1-2-25(38)36-12-3-4-23(17-36)37-29-26(28(31)32-18-33-29)27(34-37)21-8-5-19(6-9-21)16-35-13-11-22-14-20(15-30)7-10-24(22)35/h2,5-10,14,18,23H,1,3-4,11-13,16-17H2,(H2,31,32,33). The van der Waals surface area contributed by atoms with Gasteiger partial charge in [0.15, 0.2) is 5.65 Å². The predicted octanol–water partition coefficient (Wildman–Crippen LogP) is 3.86. The largest absolute Gasteiger partial charge is 0.383 e. The number of nitrogens with two attached hydrogens (primary N) is 1. The summed E-state index contributed by atoms with van der Waals surface area (Å²) in [7, 11) is 0. The van der Waals surface area contributed by atoms with Crippen molar-refractivity contribution in [2.75, 3.05) is 30.3 Å². The number of likely N-dealkylation sites (tertiary alicyclic amines) is 1. The maximum absolute atomic E-state index is 12.3. The molecule has 1 fully saturated rings. The summed E-state index contributed by atoms with van der Waals surface area (Å²) in [5.41, 5.74) is 13.0. The van der Waals surface area contributed by atoms with Crippen molar-refractivity contribution in [1.82, 2.24) is 24.6 Å². The topological polar surface area (TPSA) is 117 Å². The average molecular weight is 505 g/mol. The van der Waals surface area contributed by atoms with E-state index in [-0.39, 0.29) is 11.9 Å². The summed E-state index contributed by atoms with van der Waals surface area (Å²) in [6.45, 7) is 6.62. The normalized spacial score (nSPS) is 16.9. The number of carbonyl (C=O) groups is 1. The Bertz CT molecular complexity index is 1580. The van der Waals surface area contributed by atoms with Gasteiger partial charge in [0.05, 0.1) is 23.1 Å². The highest BCUT2D eigenvalue weighted by Crippen LogP contribution is 2.35. The van der Waals surface area contributed by atoms with Gasteiger partial charge in [0, 0.05) is 37.4 Å². The van der Waals surface area contributed by atoms with Crippen molar-refractivity contribution in [3.8, 4) is 17.3 Å². The number of hydrogen-bond acceptors (Lipinski definition) is 7. The first-order valence-electron chi connectivity index (χ1n) is 12.8. The van der Waals surface area contributed by atoms with Crippen LogP contribution in [-0.4, -0.2) is 50.2 Å². The number of amides is 1. The van der Waals surface area contributed by atoms with Crippen LogP contribution in [0.3, 0.4) is 0 Å². The maximum atomic E-state index is 12.3. The SMILES string of the molecule is C=CC(=O)N1CCCC(n2nc(-c3ccc(CN4CCc5cc(C#N)ccc54)cc3)c3c(N)ncnc32)C1. The zero-order valence-corrected chi connectivity index (χ0v) is 21.0. The van der Waals surface area contributed by atoms with Crippen LogP contribution in [0.5, 0.6) is 0 Å². The Balaban J connectivity index is 1.29. The van der Waals surface area contributed by atoms with E-state index in [4.69, 9.17) is 10.8 Å². The number of piperidine rings is 1. The van der Waals surface area contributed by atoms with Gasteiger partial charge in [-0.05, 0) is 54.7 Å². The lowest BCUT2D eigenvalue weighted by molar-refractivity contribution is -0.127. The summed E-state index contributed by atoms with van der Waals surface area (Å²) in [6.07, 6.45) is 5.55.